The molecule has 2 aromatic heterocycles. The lowest BCUT2D eigenvalue weighted by Gasteiger charge is -2.15. The van der Waals surface area contributed by atoms with E-state index in [1.807, 2.05) is 24.3 Å². The lowest BCUT2D eigenvalue weighted by atomic mass is 10.1. The fraction of sp³-hybridized carbons (Fsp3) is 0.414. The number of nitrogen functional groups attached to an aromatic ring is 1. The van der Waals surface area contributed by atoms with Gasteiger partial charge in [0.05, 0.1) is 32.3 Å². The zero-order valence-electron chi connectivity index (χ0n) is 23.3. The van der Waals surface area contributed by atoms with Gasteiger partial charge in [0.2, 0.25) is 5.95 Å². The van der Waals surface area contributed by atoms with Crippen LogP contribution in [0, 0.1) is 0 Å². The normalized spacial score (nSPS) is 10.8. The number of para-hydroxylation sites is 1. The van der Waals surface area contributed by atoms with Crippen LogP contribution in [0.5, 0.6) is 5.75 Å². The molecular formula is C29H40N6O4. The Morgan fingerprint density at radius 3 is 2.62 bits per heavy atom. The molecule has 0 aliphatic carbocycles. The number of methoxy groups -OCH3 is 1. The van der Waals surface area contributed by atoms with Crippen LogP contribution < -0.4 is 21.1 Å². The molecule has 4 rings (SSSR count). The van der Waals surface area contributed by atoms with Gasteiger partial charge in [0.1, 0.15) is 16.8 Å². The van der Waals surface area contributed by atoms with Gasteiger partial charge in [-0.2, -0.15) is 4.98 Å². The lowest BCUT2D eigenvalue weighted by molar-refractivity contribution is -0.142. The molecule has 0 radical (unpaired) electrons. The molecule has 5 N–H and O–H groups in total. The maximum Gasteiger partial charge on any atom is 0.319 e. The molecule has 4 aromatic rings. The predicted molar refractivity (Wildman–Crippen MR) is 156 cm³/mol. The SMILES string of the molecule is CCCCNc1nc(N)nc2c3ccccc3n(Cc3cc(CNCC(=O)OCC)ccc3OC)c12.CCO. The largest absolute Gasteiger partial charge is 0.496 e. The standard InChI is InChI=1S/C27H34N6O3.C2H6O/c1-4-6-13-30-26-25-24(31-27(28)32-26)20-9-7-8-10-21(20)33(25)17-19-14-18(11-12-22(19)35-3)15-29-16-23(34)36-5-2;1-2-3/h7-12,14,29H,4-6,13,15-17H2,1-3H3,(H3,28,30,31,32);3H,2H2,1H3. The summed E-state index contributed by atoms with van der Waals surface area (Å²) in [6.07, 6.45) is 2.11. The summed E-state index contributed by atoms with van der Waals surface area (Å²) in [5, 5.41) is 15.2. The Balaban J connectivity index is 0.00000134. The molecule has 0 atom stereocenters. The molecule has 2 aromatic carbocycles. The van der Waals surface area contributed by atoms with Crippen LogP contribution in [0.3, 0.4) is 0 Å². The zero-order valence-corrected chi connectivity index (χ0v) is 23.3. The Morgan fingerprint density at radius 1 is 1.13 bits per heavy atom. The maximum atomic E-state index is 11.7. The summed E-state index contributed by atoms with van der Waals surface area (Å²) in [5.74, 6) is 1.50. The quantitative estimate of drug-likeness (QED) is 0.156. The average molecular weight is 537 g/mol. The van der Waals surface area contributed by atoms with Crippen molar-refractivity contribution in [3.8, 4) is 5.75 Å². The number of hydrogen-bond donors (Lipinski definition) is 4. The summed E-state index contributed by atoms with van der Waals surface area (Å²) >= 11 is 0. The van der Waals surface area contributed by atoms with Crippen LogP contribution in [0.1, 0.15) is 44.7 Å². The van der Waals surface area contributed by atoms with E-state index in [0.29, 0.717) is 19.7 Å². The molecule has 0 unspecified atom stereocenters. The summed E-state index contributed by atoms with van der Waals surface area (Å²) in [6, 6.07) is 14.2. The van der Waals surface area contributed by atoms with Gasteiger partial charge >= 0.3 is 5.97 Å². The van der Waals surface area contributed by atoms with Gasteiger partial charge in [-0.1, -0.05) is 37.6 Å². The van der Waals surface area contributed by atoms with Crippen LogP contribution in [0.2, 0.25) is 0 Å². The first kappa shape index (κ1) is 29.7. The number of anilines is 2. The van der Waals surface area contributed by atoms with Crippen molar-refractivity contribution in [2.24, 2.45) is 0 Å². The molecule has 10 heteroatoms. The van der Waals surface area contributed by atoms with Gasteiger partial charge in [0.25, 0.3) is 0 Å². The molecule has 39 heavy (non-hydrogen) atoms. The Morgan fingerprint density at radius 2 is 1.90 bits per heavy atom. The minimum absolute atomic E-state index is 0.160. The van der Waals surface area contributed by atoms with Gasteiger partial charge in [-0.15, -0.1) is 0 Å². The number of nitrogens with zero attached hydrogens (tertiary/aromatic N) is 3. The highest BCUT2D eigenvalue weighted by molar-refractivity contribution is 6.09. The maximum absolute atomic E-state index is 11.7. The number of aliphatic hydroxyl groups is 1. The fourth-order valence-electron chi connectivity index (χ4n) is 4.37. The third kappa shape index (κ3) is 7.58. The van der Waals surface area contributed by atoms with E-state index in [1.54, 1.807) is 21.0 Å². The molecule has 0 aliphatic rings. The molecule has 0 bridgehead atoms. The van der Waals surface area contributed by atoms with E-state index in [-0.39, 0.29) is 25.1 Å². The zero-order chi connectivity index (χ0) is 28.2. The fourth-order valence-corrected chi connectivity index (χ4v) is 4.37. The number of fused-ring (bicyclic) bond motifs is 3. The van der Waals surface area contributed by atoms with Crippen molar-refractivity contribution in [3.05, 3.63) is 53.6 Å². The van der Waals surface area contributed by atoms with Crippen LogP contribution in [0.15, 0.2) is 42.5 Å². The summed E-state index contributed by atoms with van der Waals surface area (Å²) in [5.41, 5.74) is 10.9. The second-order valence-corrected chi connectivity index (χ2v) is 8.88. The van der Waals surface area contributed by atoms with Gasteiger partial charge in [-0.05, 0) is 44.0 Å². The highest BCUT2D eigenvalue weighted by Crippen LogP contribution is 2.34. The number of ether oxygens (including phenoxy) is 2. The first-order valence-corrected chi connectivity index (χ1v) is 13.4. The van der Waals surface area contributed by atoms with E-state index in [1.165, 1.54) is 0 Å². The van der Waals surface area contributed by atoms with Crippen molar-refractivity contribution in [1.82, 2.24) is 19.9 Å². The van der Waals surface area contributed by atoms with Crippen LogP contribution >= 0.6 is 0 Å². The number of unbranched alkanes of at least 4 members (excludes halogenated alkanes) is 1. The van der Waals surface area contributed by atoms with Crippen LogP contribution in [0.4, 0.5) is 11.8 Å². The van der Waals surface area contributed by atoms with Crippen LogP contribution in [-0.2, 0) is 22.6 Å². The van der Waals surface area contributed by atoms with Gasteiger partial charge < -0.3 is 35.5 Å². The molecule has 0 spiro atoms. The summed E-state index contributed by atoms with van der Waals surface area (Å²) in [4.78, 5) is 20.8. The highest BCUT2D eigenvalue weighted by atomic mass is 16.5. The first-order valence-electron chi connectivity index (χ1n) is 13.4. The number of aliphatic hydroxyl groups excluding tert-OH is 1. The van der Waals surface area contributed by atoms with Crippen molar-refractivity contribution < 1.29 is 19.4 Å². The van der Waals surface area contributed by atoms with Crippen molar-refractivity contribution >= 4 is 39.7 Å². The molecule has 0 amide bonds. The number of esters is 1. The molecule has 0 saturated heterocycles. The van der Waals surface area contributed by atoms with Gasteiger partial charge in [0.15, 0.2) is 5.82 Å². The van der Waals surface area contributed by atoms with E-state index in [2.05, 4.69) is 50.3 Å². The molecular weight excluding hydrogens is 496 g/mol. The van der Waals surface area contributed by atoms with Crippen molar-refractivity contribution in [2.45, 2.75) is 46.7 Å². The average Bonchev–Trinajstić information content (AvgIpc) is 3.23. The Kier molecular flexibility index (Phi) is 11.3. The molecule has 0 aliphatic heterocycles. The second kappa shape index (κ2) is 14.9. The predicted octanol–water partition coefficient (Wildman–Crippen LogP) is 4.09. The number of carbonyl (C=O) groups excluding carboxylic acids is 1. The van der Waals surface area contributed by atoms with E-state index in [0.717, 1.165) is 64.0 Å². The van der Waals surface area contributed by atoms with Crippen molar-refractivity contribution in [1.29, 1.82) is 0 Å². The van der Waals surface area contributed by atoms with Crippen molar-refractivity contribution in [3.63, 3.8) is 0 Å². The number of nitrogens with two attached hydrogens (primary N) is 1. The number of carbonyl (C=O) groups is 1. The Bertz CT molecular complexity index is 1370. The van der Waals surface area contributed by atoms with Gasteiger partial charge in [-0.25, -0.2) is 4.98 Å². The Hall–Kier alpha value is -3.89. The minimum Gasteiger partial charge on any atom is -0.496 e. The molecule has 0 fully saturated rings. The molecule has 0 saturated carbocycles. The molecule has 2 heterocycles. The summed E-state index contributed by atoms with van der Waals surface area (Å²) in [6.45, 7) is 8.30. The topological polar surface area (TPSA) is 137 Å². The monoisotopic (exact) mass is 536 g/mol. The van der Waals surface area contributed by atoms with Crippen molar-refractivity contribution in [2.75, 3.05) is 44.5 Å². The van der Waals surface area contributed by atoms with E-state index in [4.69, 9.17) is 20.3 Å². The lowest BCUT2D eigenvalue weighted by Crippen LogP contribution is -2.24. The van der Waals surface area contributed by atoms with Crippen LogP contribution in [-0.4, -0.2) is 59.0 Å². The summed E-state index contributed by atoms with van der Waals surface area (Å²) in [7, 11) is 1.67. The van der Waals surface area contributed by atoms with Crippen LogP contribution in [0.25, 0.3) is 21.9 Å². The second-order valence-electron chi connectivity index (χ2n) is 8.88. The number of hydrogen-bond acceptors (Lipinski definition) is 9. The highest BCUT2D eigenvalue weighted by Gasteiger charge is 2.19. The third-order valence-electron chi connectivity index (χ3n) is 6.02. The number of aromatic nitrogens is 3. The van der Waals surface area contributed by atoms with E-state index < -0.39 is 0 Å². The third-order valence-corrected chi connectivity index (χ3v) is 6.02. The van der Waals surface area contributed by atoms with Gasteiger partial charge in [0, 0.05) is 30.6 Å². The number of rotatable bonds is 12. The van der Waals surface area contributed by atoms with E-state index in [9.17, 15) is 4.79 Å². The number of benzene rings is 2. The molecule has 210 valence electrons. The smallest absolute Gasteiger partial charge is 0.319 e. The summed E-state index contributed by atoms with van der Waals surface area (Å²) < 4.78 is 12.9. The first-order chi connectivity index (χ1) is 19.0. The van der Waals surface area contributed by atoms with Gasteiger partial charge in [-0.3, -0.25) is 4.79 Å². The molecule has 10 nitrogen and oxygen atoms in total. The van der Waals surface area contributed by atoms with E-state index >= 15 is 0 Å². The minimum atomic E-state index is -0.265. The number of nitrogens with one attached hydrogen (secondary N) is 2. The Labute approximate surface area is 229 Å².